The average Bonchev–Trinajstić information content (AvgIpc) is 3.30. The highest BCUT2D eigenvalue weighted by Crippen LogP contribution is 2.34. The standard InChI is InChI=1S/C16H17ClO6S/c1-3-22-9-13(15(18)10-4-5-10)16(19)12-7-6-11(8-14(12)17)23-24(2,20)21/h6-10H,3-5H2,1-2H3. The van der Waals surface area contributed by atoms with Crippen molar-refractivity contribution in [2.24, 2.45) is 5.92 Å². The second-order valence-corrected chi connectivity index (χ2v) is 7.37. The largest absolute Gasteiger partial charge is 0.501 e. The summed E-state index contributed by atoms with van der Waals surface area (Å²) in [6.07, 6.45) is 3.58. The van der Waals surface area contributed by atoms with E-state index in [1.54, 1.807) is 6.92 Å². The molecule has 0 saturated heterocycles. The van der Waals surface area contributed by atoms with E-state index in [1.165, 1.54) is 24.5 Å². The van der Waals surface area contributed by atoms with Crippen LogP contribution in [-0.2, 0) is 19.6 Å². The molecule has 0 unspecified atom stereocenters. The normalized spacial score (nSPS) is 15.0. The third-order valence-corrected chi connectivity index (χ3v) is 4.07. The zero-order valence-corrected chi connectivity index (χ0v) is 14.8. The summed E-state index contributed by atoms with van der Waals surface area (Å²) in [5, 5.41) is -0.00727. The minimum absolute atomic E-state index is 0.00727. The van der Waals surface area contributed by atoms with Crippen LogP contribution in [0.25, 0.3) is 0 Å². The summed E-state index contributed by atoms with van der Waals surface area (Å²) in [5.41, 5.74) is 0.0236. The summed E-state index contributed by atoms with van der Waals surface area (Å²) in [4.78, 5) is 24.9. The van der Waals surface area contributed by atoms with Crippen LogP contribution in [0.5, 0.6) is 5.75 Å². The molecule has 1 aromatic rings. The van der Waals surface area contributed by atoms with Gasteiger partial charge in [0.05, 0.1) is 24.1 Å². The molecular weight excluding hydrogens is 356 g/mol. The zero-order chi connectivity index (χ0) is 17.9. The lowest BCUT2D eigenvalue weighted by atomic mass is 9.98. The predicted molar refractivity (Wildman–Crippen MR) is 88.7 cm³/mol. The van der Waals surface area contributed by atoms with Gasteiger partial charge in [0, 0.05) is 17.5 Å². The van der Waals surface area contributed by atoms with E-state index >= 15 is 0 Å². The Hall–Kier alpha value is -1.86. The van der Waals surface area contributed by atoms with Gasteiger partial charge in [-0.25, -0.2) is 0 Å². The first-order valence-corrected chi connectivity index (χ1v) is 9.52. The zero-order valence-electron chi connectivity index (χ0n) is 13.2. The molecule has 0 spiro atoms. The Labute approximate surface area is 145 Å². The quantitative estimate of drug-likeness (QED) is 0.174. The number of Topliss-reactive ketones (excluding diaryl/α,β-unsaturated/α-hetero) is 2. The molecule has 24 heavy (non-hydrogen) atoms. The van der Waals surface area contributed by atoms with E-state index in [2.05, 4.69) is 0 Å². The lowest BCUT2D eigenvalue weighted by Crippen LogP contribution is -2.16. The smallest absolute Gasteiger partial charge is 0.306 e. The molecule has 0 N–H and O–H groups in total. The van der Waals surface area contributed by atoms with E-state index in [0.717, 1.165) is 19.1 Å². The monoisotopic (exact) mass is 372 g/mol. The van der Waals surface area contributed by atoms with E-state index < -0.39 is 15.9 Å². The van der Waals surface area contributed by atoms with Crippen molar-refractivity contribution >= 4 is 33.3 Å². The highest BCUT2D eigenvalue weighted by Gasteiger charge is 2.35. The van der Waals surface area contributed by atoms with Crippen LogP contribution in [0.1, 0.15) is 30.1 Å². The molecule has 8 heteroatoms. The summed E-state index contributed by atoms with van der Waals surface area (Å²) >= 11 is 6.06. The summed E-state index contributed by atoms with van der Waals surface area (Å²) < 4.78 is 32.1. The number of carbonyl (C=O) groups is 2. The number of benzene rings is 1. The Morgan fingerprint density at radius 3 is 2.50 bits per heavy atom. The summed E-state index contributed by atoms with van der Waals surface area (Å²) in [6.45, 7) is 2.06. The van der Waals surface area contributed by atoms with Crippen LogP contribution in [-0.4, -0.2) is 32.8 Å². The van der Waals surface area contributed by atoms with Crippen molar-refractivity contribution in [1.29, 1.82) is 0 Å². The Balaban J connectivity index is 2.30. The molecule has 130 valence electrons. The van der Waals surface area contributed by atoms with Crippen molar-refractivity contribution in [2.75, 3.05) is 12.9 Å². The van der Waals surface area contributed by atoms with Gasteiger partial charge in [-0.05, 0) is 31.9 Å². The fraction of sp³-hybridized carbons (Fsp3) is 0.375. The fourth-order valence-electron chi connectivity index (χ4n) is 2.01. The van der Waals surface area contributed by atoms with Crippen LogP contribution in [0.3, 0.4) is 0 Å². The van der Waals surface area contributed by atoms with Gasteiger partial charge in [-0.3, -0.25) is 9.59 Å². The number of hydrogen-bond acceptors (Lipinski definition) is 6. The number of ether oxygens (including phenoxy) is 1. The fourth-order valence-corrected chi connectivity index (χ4v) is 2.72. The number of carbonyl (C=O) groups excluding carboxylic acids is 2. The first-order valence-electron chi connectivity index (χ1n) is 7.32. The molecule has 0 radical (unpaired) electrons. The second-order valence-electron chi connectivity index (χ2n) is 5.38. The molecule has 1 aromatic carbocycles. The summed E-state index contributed by atoms with van der Waals surface area (Å²) in [6, 6.07) is 3.85. The van der Waals surface area contributed by atoms with Crippen LogP contribution >= 0.6 is 11.6 Å². The van der Waals surface area contributed by atoms with Crippen LogP contribution in [0.15, 0.2) is 30.0 Å². The number of halogens is 1. The summed E-state index contributed by atoms with van der Waals surface area (Å²) in [7, 11) is -3.70. The minimum Gasteiger partial charge on any atom is -0.501 e. The van der Waals surface area contributed by atoms with Gasteiger partial charge in [0.2, 0.25) is 5.78 Å². The molecule has 0 aromatic heterocycles. The summed E-state index contributed by atoms with van der Waals surface area (Å²) in [5.74, 6) is -0.979. The maximum atomic E-state index is 12.6. The molecule has 6 nitrogen and oxygen atoms in total. The lowest BCUT2D eigenvalue weighted by molar-refractivity contribution is -0.116. The van der Waals surface area contributed by atoms with E-state index in [4.69, 9.17) is 20.5 Å². The molecule has 2 rings (SSSR count). The van der Waals surface area contributed by atoms with Crippen molar-refractivity contribution in [2.45, 2.75) is 19.8 Å². The highest BCUT2D eigenvalue weighted by molar-refractivity contribution is 7.86. The number of allylic oxidation sites excluding steroid dienone is 1. The van der Waals surface area contributed by atoms with Gasteiger partial charge in [0.25, 0.3) is 0 Å². The highest BCUT2D eigenvalue weighted by atomic mass is 35.5. The molecule has 0 bridgehead atoms. The van der Waals surface area contributed by atoms with Crippen molar-refractivity contribution in [3.8, 4) is 5.75 Å². The number of rotatable bonds is 8. The molecule has 0 amide bonds. The molecule has 0 heterocycles. The molecule has 1 fully saturated rings. The molecule has 1 aliphatic rings. The first kappa shape index (κ1) is 18.5. The maximum Gasteiger partial charge on any atom is 0.306 e. The van der Waals surface area contributed by atoms with E-state index in [1.807, 2.05) is 0 Å². The van der Waals surface area contributed by atoms with Crippen molar-refractivity contribution in [3.05, 3.63) is 40.6 Å². The SMILES string of the molecule is CCOC=C(C(=O)c1ccc(OS(C)(=O)=O)cc1Cl)C(=O)C1CC1. The molecule has 0 aliphatic heterocycles. The first-order chi connectivity index (χ1) is 11.2. The number of hydrogen-bond donors (Lipinski definition) is 0. The third kappa shape index (κ3) is 4.82. The van der Waals surface area contributed by atoms with E-state index in [0.29, 0.717) is 6.61 Å². The Kier molecular flexibility index (Phi) is 5.66. The molecule has 1 saturated carbocycles. The van der Waals surface area contributed by atoms with Crippen molar-refractivity contribution in [1.82, 2.24) is 0 Å². The third-order valence-electron chi connectivity index (χ3n) is 3.26. The van der Waals surface area contributed by atoms with Gasteiger partial charge in [-0.2, -0.15) is 8.42 Å². The molecule has 0 atom stereocenters. The number of ketones is 2. The van der Waals surface area contributed by atoms with Crippen LogP contribution in [0.2, 0.25) is 5.02 Å². The van der Waals surface area contributed by atoms with Crippen LogP contribution in [0.4, 0.5) is 0 Å². The van der Waals surface area contributed by atoms with Gasteiger partial charge >= 0.3 is 10.1 Å². The van der Waals surface area contributed by atoms with Gasteiger partial charge in [0.1, 0.15) is 11.3 Å². The van der Waals surface area contributed by atoms with Crippen LogP contribution < -0.4 is 4.18 Å². The van der Waals surface area contributed by atoms with Crippen molar-refractivity contribution in [3.63, 3.8) is 0 Å². The Morgan fingerprint density at radius 1 is 1.33 bits per heavy atom. The van der Waals surface area contributed by atoms with E-state index in [9.17, 15) is 18.0 Å². The van der Waals surface area contributed by atoms with Gasteiger partial charge < -0.3 is 8.92 Å². The van der Waals surface area contributed by atoms with Crippen molar-refractivity contribution < 1.29 is 26.9 Å². The van der Waals surface area contributed by atoms with E-state index in [-0.39, 0.29) is 33.6 Å². The molecular formula is C16H17ClO6S. The minimum atomic E-state index is -3.70. The van der Waals surface area contributed by atoms with Gasteiger partial charge in [0.15, 0.2) is 5.78 Å². The van der Waals surface area contributed by atoms with Crippen LogP contribution in [0, 0.1) is 5.92 Å². The predicted octanol–water partition coefficient (Wildman–Crippen LogP) is 2.76. The lowest BCUT2D eigenvalue weighted by Gasteiger charge is -2.09. The average molecular weight is 373 g/mol. The maximum absolute atomic E-state index is 12.6. The Bertz CT molecular complexity index is 793. The Morgan fingerprint density at radius 2 is 2.00 bits per heavy atom. The second kappa shape index (κ2) is 7.36. The topological polar surface area (TPSA) is 86.7 Å². The molecule has 1 aliphatic carbocycles. The van der Waals surface area contributed by atoms with Gasteiger partial charge in [-0.15, -0.1) is 0 Å². The van der Waals surface area contributed by atoms with Gasteiger partial charge in [-0.1, -0.05) is 11.6 Å².